The molecule has 0 bridgehead atoms. The summed E-state index contributed by atoms with van der Waals surface area (Å²) < 4.78 is 63.7. The van der Waals surface area contributed by atoms with E-state index in [-0.39, 0.29) is 24.5 Å². The van der Waals surface area contributed by atoms with Crippen LogP contribution in [-0.2, 0) is 21.0 Å². The van der Waals surface area contributed by atoms with Crippen LogP contribution in [0.1, 0.15) is 12.0 Å². The largest absolute Gasteiger partial charge is 0.481 e. The Kier molecular flexibility index (Phi) is 4.42. The molecule has 1 saturated heterocycles. The number of hydrogen-bond donors (Lipinski definition) is 1. The zero-order valence-corrected chi connectivity index (χ0v) is 12.5. The molecule has 22 heavy (non-hydrogen) atoms. The van der Waals surface area contributed by atoms with Crippen molar-refractivity contribution in [2.45, 2.75) is 17.5 Å². The summed E-state index contributed by atoms with van der Waals surface area (Å²) in [5, 5.41) is 8.51. The molecule has 1 atom stereocenters. The first-order valence-electron chi connectivity index (χ1n) is 6.12. The molecule has 5 nitrogen and oxygen atoms in total. The fraction of sp³-hybridized carbons (Fsp3) is 0.417. The molecule has 2 rings (SSSR count). The van der Waals surface area contributed by atoms with Gasteiger partial charge in [-0.1, -0.05) is 11.6 Å². The standard InChI is InChI=1S/C12H11ClF3NO4S/c13-9-3-8(12(14,15)16)4-10(5-9)22(20,21)17-2-1-7(6-17)11(18)19/h3-5,7H,1-2,6H2,(H,18,19). The van der Waals surface area contributed by atoms with Gasteiger partial charge in [-0.3, -0.25) is 4.79 Å². The lowest BCUT2D eigenvalue weighted by atomic mass is 10.1. The quantitative estimate of drug-likeness (QED) is 0.901. The van der Waals surface area contributed by atoms with Gasteiger partial charge < -0.3 is 5.11 Å². The van der Waals surface area contributed by atoms with Crippen LogP contribution in [0.3, 0.4) is 0 Å². The van der Waals surface area contributed by atoms with Crippen molar-refractivity contribution in [3.05, 3.63) is 28.8 Å². The van der Waals surface area contributed by atoms with Gasteiger partial charge in [0.1, 0.15) is 0 Å². The van der Waals surface area contributed by atoms with Gasteiger partial charge in [0, 0.05) is 18.1 Å². The number of benzene rings is 1. The van der Waals surface area contributed by atoms with Gasteiger partial charge in [-0.2, -0.15) is 17.5 Å². The van der Waals surface area contributed by atoms with Crippen LogP contribution in [0.15, 0.2) is 23.1 Å². The highest BCUT2D eigenvalue weighted by Crippen LogP contribution is 2.34. The van der Waals surface area contributed by atoms with Crippen molar-refractivity contribution in [3.8, 4) is 0 Å². The fourth-order valence-corrected chi connectivity index (χ4v) is 4.04. The van der Waals surface area contributed by atoms with E-state index in [9.17, 15) is 26.4 Å². The zero-order valence-electron chi connectivity index (χ0n) is 11.0. The summed E-state index contributed by atoms with van der Waals surface area (Å²) in [4.78, 5) is 10.3. The number of rotatable bonds is 3. The molecule has 0 radical (unpaired) electrons. The van der Waals surface area contributed by atoms with E-state index in [0.717, 1.165) is 10.4 Å². The van der Waals surface area contributed by atoms with Crippen molar-refractivity contribution in [1.29, 1.82) is 0 Å². The maximum absolute atomic E-state index is 12.7. The van der Waals surface area contributed by atoms with Crippen molar-refractivity contribution < 1.29 is 31.5 Å². The third kappa shape index (κ3) is 3.36. The zero-order chi connectivity index (χ0) is 16.7. The van der Waals surface area contributed by atoms with E-state index in [1.807, 2.05) is 0 Å². The highest BCUT2D eigenvalue weighted by Gasteiger charge is 2.38. The lowest BCUT2D eigenvalue weighted by Gasteiger charge is -2.17. The van der Waals surface area contributed by atoms with Gasteiger partial charge in [-0.25, -0.2) is 8.42 Å². The maximum atomic E-state index is 12.7. The molecule has 1 fully saturated rings. The predicted octanol–water partition coefficient (Wildman–Crippen LogP) is 2.45. The Morgan fingerprint density at radius 1 is 1.32 bits per heavy atom. The number of hydrogen-bond acceptors (Lipinski definition) is 3. The van der Waals surface area contributed by atoms with E-state index in [4.69, 9.17) is 16.7 Å². The summed E-state index contributed by atoms with van der Waals surface area (Å²) in [6.07, 6.45) is -4.62. The number of sulfonamides is 1. The summed E-state index contributed by atoms with van der Waals surface area (Å²) in [6, 6.07) is 2.04. The molecule has 0 amide bonds. The first-order chi connectivity index (χ1) is 10.0. The predicted molar refractivity (Wildman–Crippen MR) is 71.0 cm³/mol. The molecule has 0 saturated carbocycles. The third-order valence-corrected chi connectivity index (χ3v) is 5.40. The van der Waals surface area contributed by atoms with Gasteiger partial charge in [-0.15, -0.1) is 0 Å². The fourth-order valence-electron chi connectivity index (χ4n) is 2.17. The molecule has 1 heterocycles. The molecule has 10 heteroatoms. The van der Waals surface area contributed by atoms with Crippen LogP contribution in [0.5, 0.6) is 0 Å². The first kappa shape index (κ1) is 17.0. The lowest BCUT2D eigenvalue weighted by molar-refractivity contribution is -0.141. The summed E-state index contributed by atoms with van der Waals surface area (Å²) in [6.45, 7) is -0.335. The van der Waals surface area contributed by atoms with Crippen molar-refractivity contribution in [3.63, 3.8) is 0 Å². The highest BCUT2D eigenvalue weighted by molar-refractivity contribution is 7.89. The molecule has 1 aliphatic heterocycles. The second kappa shape index (κ2) is 5.71. The van der Waals surface area contributed by atoms with Crippen LogP contribution in [0.2, 0.25) is 5.02 Å². The van der Waals surface area contributed by atoms with Gasteiger partial charge in [0.2, 0.25) is 10.0 Å². The van der Waals surface area contributed by atoms with Gasteiger partial charge in [0.15, 0.2) is 0 Å². The Labute approximate surface area is 129 Å². The van der Waals surface area contributed by atoms with Crippen LogP contribution in [-0.4, -0.2) is 36.9 Å². The minimum Gasteiger partial charge on any atom is -0.481 e. The SMILES string of the molecule is O=C(O)C1CCN(S(=O)(=O)c2cc(Cl)cc(C(F)(F)F)c2)C1. The molecule has 0 spiro atoms. The third-order valence-electron chi connectivity index (χ3n) is 3.34. The van der Waals surface area contributed by atoms with Gasteiger partial charge in [-0.05, 0) is 24.6 Å². The molecular weight excluding hydrogens is 347 g/mol. The number of alkyl halides is 3. The Morgan fingerprint density at radius 3 is 2.45 bits per heavy atom. The number of carboxylic acid groups (broad SMARTS) is 1. The normalized spacial score (nSPS) is 20.3. The smallest absolute Gasteiger partial charge is 0.416 e. The van der Waals surface area contributed by atoms with E-state index >= 15 is 0 Å². The lowest BCUT2D eigenvalue weighted by Crippen LogP contribution is -2.30. The number of carbonyl (C=O) groups is 1. The molecule has 1 unspecified atom stereocenters. The summed E-state index contributed by atoms with van der Waals surface area (Å²) in [5.41, 5.74) is -1.17. The Bertz CT molecular complexity index is 705. The Hall–Kier alpha value is -1.32. The van der Waals surface area contributed by atoms with Crippen LogP contribution in [0, 0.1) is 5.92 Å². The highest BCUT2D eigenvalue weighted by atomic mass is 35.5. The van der Waals surface area contributed by atoms with Crippen LogP contribution in [0.25, 0.3) is 0 Å². The van der Waals surface area contributed by atoms with E-state index in [2.05, 4.69) is 0 Å². The number of halogens is 4. The van der Waals surface area contributed by atoms with Gasteiger partial charge >= 0.3 is 12.1 Å². The van der Waals surface area contributed by atoms with E-state index in [1.54, 1.807) is 0 Å². The van der Waals surface area contributed by atoms with Crippen molar-refractivity contribution in [2.75, 3.05) is 13.1 Å². The van der Waals surface area contributed by atoms with E-state index in [1.165, 1.54) is 0 Å². The minimum absolute atomic E-state index is 0.0623. The second-order valence-electron chi connectivity index (χ2n) is 4.86. The molecule has 0 aromatic heterocycles. The van der Waals surface area contributed by atoms with Crippen LogP contribution < -0.4 is 0 Å². The average molecular weight is 358 g/mol. The number of nitrogens with zero attached hydrogens (tertiary/aromatic N) is 1. The van der Waals surface area contributed by atoms with E-state index in [0.29, 0.717) is 12.1 Å². The average Bonchev–Trinajstić information content (AvgIpc) is 2.87. The summed E-state index contributed by atoms with van der Waals surface area (Å²) in [5.74, 6) is -2.00. The van der Waals surface area contributed by atoms with E-state index < -0.39 is 38.5 Å². The monoisotopic (exact) mass is 357 g/mol. The molecule has 1 aromatic carbocycles. The number of carboxylic acids is 1. The second-order valence-corrected chi connectivity index (χ2v) is 7.23. The van der Waals surface area contributed by atoms with Crippen LogP contribution in [0.4, 0.5) is 13.2 Å². The molecule has 1 aliphatic rings. The summed E-state index contributed by atoms with van der Waals surface area (Å²) in [7, 11) is -4.22. The van der Waals surface area contributed by atoms with Gasteiger partial charge in [0.05, 0.1) is 16.4 Å². The molecule has 0 aliphatic carbocycles. The molecular formula is C12H11ClF3NO4S. The Balaban J connectivity index is 2.39. The van der Waals surface area contributed by atoms with Crippen molar-refractivity contribution >= 4 is 27.6 Å². The minimum atomic E-state index is -4.73. The Morgan fingerprint density at radius 2 is 1.95 bits per heavy atom. The van der Waals surface area contributed by atoms with Crippen molar-refractivity contribution in [2.24, 2.45) is 5.92 Å². The van der Waals surface area contributed by atoms with Crippen molar-refractivity contribution in [1.82, 2.24) is 4.31 Å². The molecule has 1 aromatic rings. The maximum Gasteiger partial charge on any atom is 0.416 e. The summed E-state index contributed by atoms with van der Waals surface area (Å²) >= 11 is 5.57. The first-order valence-corrected chi connectivity index (χ1v) is 7.94. The number of aliphatic carboxylic acids is 1. The molecule has 1 N–H and O–H groups in total. The molecule has 122 valence electrons. The topological polar surface area (TPSA) is 74.7 Å². The van der Waals surface area contributed by atoms with Gasteiger partial charge in [0.25, 0.3) is 0 Å². The van der Waals surface area contributed by atoms with Crippen LogP contribution >= 0.6 is 11.6 Å².